The maximum Gasteiger partial charge on any atom is 0.0297 e. The number of alkyl halides is 1. The maximum atomic E-state index is 4.01. The van der Waals surface area contributed by atoms with Crippen molar-refractivity contribution in [3.05, 3.63) is 0 Å². The molecular weight excluding hydrogens is 200 g/mol. The number of hydrogen-bond donors (Lipinski definition) is 0. The average Bonchev–Trinajstić information content (AvgIpc) is 2.55. The molecule has 5 fully saturated rings. The van der Waals surface area contributed by atoms with Crippen molar-refractivity contribution in [2.45, 2.75) is 30.0 Å². The van der Waals surface area contributed by atoms with Crippen molar-refractivity contribution in [1.29, 1.82) is 0 Å². The van der Waals surface area contributed by atoms with Gasteiger partial charge in [-0.25, -0.2) is 0 Å². The highest BCUT2D eigenvalue weighted by atomic mass is 79.9. The molecule has 0 N–H and O–H groups in total. The predicted molar refractivity (Wildman–Crippen MR) is 47.6 cm³/mol. The molecular formula is C10H13Br. The summed E-state index contributed by atoms with van der Waals surface area (Å²) < 4.78 is 0.661. The molecule has 0 aromatic carbocycles. The minimum absolute atomic E-state index is 0.661. The Hall–Kier alpha value is 0.480. The molecule has 0 nitrogen and oxygen atoms in total. The first-order chi connectivity index (χ1) is 5.28. The lowest BCUT2D eigenvalue weighted by Crippen LogP contribution is -2.37. The first-order valence-corrected chi connectivity index (χ1v) is 5.76. The van der Waals surface area contributed by atoms with Gasteiger partial charge in [0, 0.05) is 4.32 Å². The maximum absolute atomic E-state index is 4.01. The van der Waals surface area contributed by atoms with Crippen LogP contribution in [0.15, 0.2) is 0 Å². The van der Waals surface area contributed by atoms with Crippen molar-refractivity contribution in [1.82, 2.24) is 0 Å². The Morgan fingerprint density at radius 2 is 2.09 bits per heavy atom. The molecule has 11 heavy (non-hydrogen) atoms. The fourth-order valence-corrected chi connectivity index (χ4v) is 6.32. The highest BCUT2D eigenvalue weighted by Crippen LogP contribution is 2.78. The minimum atomic E-state index is 0.661. The molecule has 4 bridgehead atoms. The number of rotatable bonds is 0. The lowest BCUT2D eigenvalue weighted by Gasteiger charge is -2.43. The van der Waals surface area contributed by atoms with Gasteiger partial charge in [0.2, 0.25) is 0 Å². The van der Waals surface area contributed by atoms with E-state index in [1.807, 2.05) is 0 Å². The second-order valence-electron chi connectivity index (χ2n) is 5.31. The van der Waals surface area contributed by atoms with Crippen LogP contribution in [-0.2, 0) is 0 Å². The van der Waals surface area contributed by atoms with E-state index in [1.165, 1.54) is 24.7 Å². The Kier molecular flexibility index (Phi) is 0.793. The van der Waals surface area contributed by atoms with Gasteiger partial charge < -0.3 is 0 Å². The standard InChI is InChI=1S/C10H13Br/c11-10-3-5-1-6(4-10)8-7(2-5)9(8)10/h5-9H,1-4H2/t5-,6-,7-,8?,9?,10-/m1/s1. The number of halogens is 1. The van der Waals surface area contributed by atoms with Crippen LogP contribution in [0.3, 0.4) is 0 Å². The van der Waals surface area contributed by atoms with Crippen LogP contribution in [0.25, 0.3) is 0 Å². The minimum Gasteiger partial charge on any atom is -0.0850 e. The van der Waals surface area contributed by atoms with Crippen LogP contribution >= 0.6 is 15.9 Å². The summed E-state index contributed by atoms with van der Waals surface area (Å²) >= 11 is 4.01. The molecule has 60 valence electrons. The Balaban J connectivity index is 1.90. The predicted octanol–water partition coefficient (Wildman–Crippen LogP) is 2.82. The first kappa shape index (κ1) is 6.01. The van der Waals surface area contributed by atoms with E-state index >= 15 is 0 Å². The Bertz CT molecular complexity index is 237. The highest BCUT2D eigenvalue weighted by Gasteiger charge is 2.73. The van der Waals surface area contributed by atoms with E-state index < -0.39 is 0 Å². The molecule has 1 heteroatoms. The van der Waals surface area contributed by atoms with Gasteiger partial charge in [-0.3, -0.25) is 0 Å². The van der Waals surface area contributed by atoms with Crippen LogP contribution in [-0.4, -0.2) is 4.32 Å². The molecule has 5 saturated carbocycles. The van der Waals surface area contributed by atoms with Gasteiger partial charge in [-0.15, -0.1) is 0 Å². The zero-order valence-electron chi connectivity index (χ0n) is 6.59. The van der Waals surface area contributed by atoms with Crippen molar-refractivity contribution in [3.63, 3.8) is 0 Å². The molecule has 0 aliphatic heterocycles. The fraction of sp³-hybridized carbons (Fsp3) is 1.00. The molecule has 0 aromatic rings. The van der Waals surface area contributed by atoms with Gasteiger partial charge in [-0.1, -0.05) is 15.9 Å². The van der Waals surface area contributed by atoms with E-state index in [4.69, 9.17) is 0 Å². The molecule has 5 rings (SSSR count). The molecule has 5 aliphatic carbocycles. The van der Waals surface area contributed by atoms with Gasteiger partial charge in [0.05, 0.1) is 0 Å². The van der Waals surface area contributed by atoms with E-state index in [-0.39, 0.29) is 0 Å². The number of hydrogen-bond acceptors (Lipinski definition) is 0. The van der Waals surface area contributed by atoms with Crippen molar-refractivity contribution in [2.24, 2.45) is 29.6 Å². The van der Waals surface area contributed by atoms with Gasteiger partial charge in [-0.2, -0.15) is 0 Å². The van der Waals surface area contributed by atoms with Crippen LogP contribution in [0.4, 0.5) is 0 Å². The van der Waals surface area contributed by atoms with Gasteiger partial charge in [0.15, 0.2) is 0 Å². The summed E-state index contributed by atoms with van der Waals surface area (Å²) in [6, 6.07) is 0. The van der Waals surface area contributed by atoms with Gasteiger partial charge in [-0.05, 0) is 55.3 Å². The summed E-state index contributed by atoms with van der Waals surface area (Å²) in [5, 5.41) is 0. The van der Waals surface area contributed by atoms with Crippen LogP contribution in [0.1, 0.15) is 25.7 Å². The smallest absolute Gasteiger partial charge is 0.0297 e. The van der Waals surface area contributed by atoms with E-state index in [0.717, 1.165) is 17.8 Å². The monoisotopic (exact) mass is 212 g/mol. The van der Waals surface area contributed by atoms with Gasteiger partial charge in [0.1, 0.15) is 0 Å². The second kappa shape index (κ2) is 1.45. The van der Waals surface area contributed by atoms with Crippen molar-refractivity contribution < 1.29 is 0 Å². The zero-order valence-corrected chi connectivity index (χ0v) is 8.18. The molecule has 0 radical (unpaired) electrons. The average molecular weight is 213 g/mol. The van der Waals surface area contributed by atoms with Crippen LogP contribution in [0.5, 0.6) is 0 Å². The molecule has 5 aliphatic rings. The molecule has 6 atom stereocenters. The van der Waals surface area contributed by atoms with Gasteiger partial charge in [0.25, 0.3) is 0 Å². The summed E-state index contributed by atoms with van der Waals surface area (Å²) in [5.41, 5.74) is 0. The van der Waals surface area contributed by atoms with Gasteiger partial charge >= 0.3 is 0 Å². The van der Waals surface area contributed by atoms with Crippen LogP contribution < -0.4 is 0 Å². The third-order valence-electron chi connectivity index (χ3n) is 4.84. The second-order valence-corrected chi connectivity index (χ2v) is 6.89. The Morgan fingerprint density at radius 1 is 1.18 bits per heavy atom. The van der Waals surface area contributed by atoms with E-state index in [9.17, 15) is 0 Å². The third-order valence-corrected chi connectivity index (χ3v) is 6.02. The van der Waals surface area contributed by atoms with Crippen molar-refractivity contribution >= 4 is 15.9 Å². The summed E-state index contributed by atoms with van der Waals surface area (Å²) in [6.07, 6.45) is 6.22. The van der Waals surface area contributed by atoms with E-state index in [2.05, 4.69) is 15.9 Å². The third kappa shape index (κ3) is 0.509. The van der Waals surface area contributed by atoms with E-state index in [1.54, 1.807) is 12.8 Å². The summed E-state index contributed by atoms with van der Waals surface area (Å²) in [6.45, 7) is 0. The normalized spacial score (nSPS) is 75.5. The molecule has 0 heterocycles. The SMILES string of the molecule is Br[C@]12C[C@@H]3C[C@H](C1)C1C2[C@@H]1C3. The fourth-order valence-electron chi connectivity index (χ4n) is 4.80. The van der Waals surface area contributed by atoms with Crippen molar-refractivity contribution in [2.75, 3.05) is 0 Å². The van der Waals surface area contributed by atoms with E-state index in [0.29, 0.717) is 4.32 Å². The topological polar surface area (TPSA) is 0 Å². The Labute approximate surface area is 75.9 Å². The molecule has 2 unspecified atom stereocenters. The Morgan fingerprint density at radius 3 is 2.82 bits per heavy atom. The first-order valence-electron chi connectivity index (χ1n) is 4.97. The quantitative estimate of drug-likeness (QED) is 0.543. The molecule has 0 amide bonds. The molecule has 0 spiro atoms. The lowest BCUT2D eigenvalue weighted by molar-refractivity contribution is 0.150. The molecule has 0 saturated heterocycles. The lowest BCUT2D eigenvalue weighted by atomic mass is 9.68. The van der Waals surface area contributed by atoms with Crippen LogP contribution in [0, 0.1) is 29.6 Å². The summed E-state index contributed by atoms with van der Waals surface area (Å²) in [5.74, 6) is 5.77. The summed E-state index contributed by atoms with van der Waals surface area (Å²) in [4.78, 5) is 0. The molecule has 0 aromatic heterocycles. The van der Waals surface area contributed by atoms with Crippen molar-refractivity contribution in [3.8, 4) is 0 Å². The zero-order chi connectivity index (χ0) is 7.22. The largest absolute Gasteiger partial charge is 0.0850 e. The highest BCUT2D eigenvalue weighted by molar-refractivity contribution is 9.10. The summed E-state index contributed by atoms with van der Waals surface area (Å²) in [7, 11) is 0. The van der Waals surface area contributed by atoms with Crippen LogP contribution in [0.2, 0.25) is 0 Å².